The second kappa shape index (κ2) is 9.62. The third-order valence-electron chi connectivity index (χ3n) is 4.23. The van der Waals surface area contributed by atoms with E-state index in [-0.39, 0.29) is 18.9 Å². The second-order valence-corrected chi connectivity index (χ2v) is 6.37. The number of nitrogens with one attached hydrogen (secondary N) is 1. The minimum Gasteiger partial charge on any atom is -0.496 e. The first-order valence-corrected chi connectivity index (χ1v) is 8.76. The zero-order valence-corrected chi connectivity index (χ0v) is 15.8. The Labute approximate surface area is 159 Å². The third kappa shape index (κ3) is 6.02. The van der Waals surface area contributed by atoms with Gasteiger partial charge in [0.1, 0.15) is 11.5 Å². The molecule has 0 bridgehead atoms. The van der Waals surface area contributed by atoms with Crippen LogP contribution in [0.5, 0.6) is 11.5 Å². The van der Waals surface area contributed by atoms with Gasteiger partial charge in [0.2, 0.25) is 0 Å². The summed E-state index contributed by atoms with van der Waals surface area (Å²) in [6, 6.07) is 14.6. The minimum atomic E-state index is -0.978. The van der Waals surface area contributed by atoms with Crippen LogP contribution < -0.4 is 14.8 Å². The lowest BCUT2D eigenvalue weighted by molar-refractivity contribution is -0.141. The van der Waals surface area contributed by atoms with Crippen molar-refractivity contribution in [2.24, 2.45) is 5.92 Å². The van der Waals surface area contributed by atoms with Gasteiger partial charge in [-0.3, -0.25) is 9.59 Å². The maximum absolute atomic E-state index is 12.3. The van der Waals surface area contributed by atoms with Gasteiger partial charge in [-0.1, -0.05) is 35.9 Å². The largest absolute Gasteiger partial charge is 0.496 e. The Balaban J connectivity index is 1.93. The van der Waals surface area contributed by atoms with E-state index >= 15 is 0 Å². The van der Waals surface area contributed by atoms with Crippen molar-refractivity contribution in [3.8, 4) is 11.5 Å². The molecular formula is C21H25NO5. The number of ether oxygens (including phenoxy) is 2. The highest BCUT2D eigenvalue weighted by molar-refractivity contribution is 5.81. The fourth-order valence-electron chi connectivity index (χ4n) is 2.63. The molecule has 0 radical (unpaired) electrons. The summed E-state index contributed by atoms with van der Waals surface area (Å²) < 4.78 is 10.9. The molecule has 0 saturated heterocycles. The number of carbonyl (C=O) groups is 2. The Morgan fingerprint density at radius 3 is 2.41 bits per heavy atom. The van der Waals surface area contributed by atoms with E-state index in [2.05, 4.69) is 5.32 Å². The molecule has 0 aliphatic rings. The maximum Gasteiger partial charge on any atom is 0.308 e. The molecule has 0 saturated carbocycles. The first-order valence-electron chi connectivity index (χ1n) is 8.76. The highest BCUT2D eigenvalue weighted by Gasteiger charge is 2.22. The summed E-state index contributed by atoms with van der Waals surface area (Å²) in [5.41, 5.74) is 1.88. The van der Waals surface area contributed by atoms with Crippen LogP contribution in [0.25, 0.3) is 0 Å². The molecule has 2 atom stereocenters. The number of para-hydroxylation sites is 1. The third-order valence-corrected chi connectivity index (χ3v) is 4.23. The van der Waals surface area contributed by atoms with E-state index < -0.39 is 18.0 Å². The summed E-state index contributed by atoms with van der Waals surface area (Å²) in [5.74, 6) is -0.884. The summed E-state index contributed by atoms with van der Waals surface area (Å²) >= 11 is 0. The molecule has 2 aromatic rings. The zero-order chi connectivity index (χ0) is 19.8. The fourth-order valence-corrected chi connectivity index (χ4v) is 2.63. The van der Waals surface area contributed by atoms with Gasteiger partial charge < -0.3 is 19.9 Å². The minimum absolute atomic E-state index is 0.00775. The van der Waals surface area contributed by atoms with E-state index in [0.717, 1.165) is 11.1 Å². The zero-order valence-electron chi connectivity index (χ0n) is 15.8. The van der Waals surface area contributed by atoms with Gasteiger partial charge in [-0.25, -0.2) is 0 Å². The van der Waals surface area contributed by atoms with Crippen molar-refractivity contribution in [3.63, 3.8) is 0 Å². The van der Waals surface area contributed by atoms with Gasteiger partial charge in [-0.15, -0.1) is 0 Å². The average Bonchev–Trinajstić information content (AvgIpc) is 2.66. The van der Waals surface area contributed by atoms with Crippen molar-refractivity contribution in [2.45, 2.75) is 26.4 Å². The van der Waals surface area contributed by atoms with E-state index in [9.17, 15) is 14.7 Å². The van der Waals surface area contributed by atoms with Crippen molar-refractivity contribution in [2.75, 3.05) is 13.7 Å². The highest BCUT2D eigenvalue weighted by atomic mass is 16.5. The van der Waals surface area contributed by atoms with Crippen molar-refractivity contribution >= 4 is 11.9 Å². The number of amides is 1. The summed E-state index contributed by atoms with van der Waals surface area (Å²) in [5, 5.41) is 12.2. The molecule has 2 unspecified atom stereocenters. The SMILES string of the molecule is COc1ccccc1CC(CNC(=O)C(C)Oc1ccc(C)cc1)C(=O)O. The van der Waals surface area contributed by atoms with Gasteiger partial charge in [0.25, 0.3) is 5.91 Å². The molecule has 0 aliphatic carbocycles. The molecule has 2 rings (SSSR count). The number of hydrogen-bond acceptors (Lipinski definition) is 4. The van der Waals surface area contributed by atoms with Crippen LogP contribution in [-0.4, -0.2) is 36.7 Å². The van der Waals surface area contributed by atoms with Crippen LogP contribution >= 0.6 is 0 Å². The molecular weight excluding hydrogens is 346 g/mol. The van der Waals surface area contributed by atoms with Gasteiger partial charge in [-0.05, 0) is 44.0 Å². The molecule has 2 aromatic carbocycles. The van der Waals surface area contributed by atoms with Crippen LogP contribution in [0.15, 0.2) is 48.5 Å². The number of carboxylic acid groups (broad SMARTS) is 1. The summed E-state index contributed by atoms with van der Waals surface area (Å²) in [6.45, 7) is 3.60. The van der Waals surface area contributed by atoms with Crippen LogP contribution in [0.4, 0.5) is 0 Å². The smallest absolute Gasteiger partial charge is 0.308 e. The molecule has 0 spiro atoms. The first kappa shape index (κ1) is 20.3. The number of benzene rings is 2. The molecule has 0 aliphatic heterocycles. The number of carboxylic acids is 1. The van der Waals surface area contributed by atoms with Gasteiger partial charge in [0, 0.05) is 6.54 Å². The van der Waals surface area contributed by atoms with Crippen LogP contribution in [0.1, 0.15) is 18.1 Å². The lowest BCUT2D eigenvalue weighted by Gasteiger charge is -2.18. The number of rotatable bonds is 9. The number of carbonyl (C=O) groups excluding carboxylic acids is 1. The first-order chi connectivity index (χ1) is 12.9. The predicted molar refractivity (Wildman–Crippen MR) is 102 cm³/mol. The summed E-state index contributed by atoms with van der Waals surface area (Å²) in [4.78, 5) is 23.8. The molecule has 6 heteroatoms. The topological polar surface area (TPSA) is 84.9 Å². The number of methoxy groups -OCH3 is 1. The van der Waals surface area contributed by atoms with Crippen molar-refractivity contribution in [1.29, 1.82) is 0 Å². The number of hydrogen-bond donors (Lipinski definition) is 2. The molecule has 0 heterocycles. The van der Waals surface area contributed by atoms with Crippen LogP contribution in [0, 0.1) is 12.8 Å². The fraction of sp³-hybridized carbons (Fsp3) is 0.333. The molecule has 6 nitrogen and oxygen atoms in total. The van der Waals surface area contributed by atoms with Gasteiger partial charge in [-0.2, -0.15) is 0 Å². The standard InChI is InChI=1S/C21H25NO5/c1-14-8-10-18(11-9-14)27-15(2)20(23)22-13-17(21(24)25)12-16-6-4-5-7-19(16)26-3/h4-11,15,17H,12-13H2,1-3H3,(H,22,23)(H,24,25). The van der Waals surface area contributed by atoms with E-state index in [1.807, 2.05) is 37.3 Å². The van der Waals surface area contributed by atoms with Crippen molar-refractivity contribution < 1.29 is 24.2 Å². The van der Waals surface area contributed by atoms with Crippen molar-refractivity contribution in [3.05, 3.63) is 59.7 Å². The molecule has 27 heavy (non-hydrogen) atoms. The Bertz CT molecular complexity index is 772. The maximum atomic E-state index is 12.3. The Morgan fingerprint density at radius 2 is 1.78 bits per heavy atom. The van der Waals surface area contributed by atoms with Gasteiger partial charge in [0.05, 0.1) is 13.0 Å². The Morgan fingerprint density at radius 1 is 1.11 bits per heavy atom. The molecule has 1 amide bonds. The van der Waals surface area contributed by atoms with Crippen molar-refractivity contribution in [1.82, 2.24) is 5.32 Å². The highest BCUT2D eigenvalue weighted by Crippen LogP contribution is 2.21. The predicted octanol–water partition coefficient (Wildman–Crippen LogP) is 2.83. The number of aryl methyl sites for hydroxylation is 1. The lowest BCUT2D eigenvalue weighted by atomic mass is 9.98. The quantitative estimate of drug-likeness (QED) is 0.708. The van der Waals surface area contributed by atoms with Gasteiger partial charge in [0.15, 0.2) is 6.10 Å². The number of aliphatic carboxylic acids is 1. The van der Waals surface area contributed by atoms with E-state index in [4.69, 9.17) is 9.47 Å². The van der Waals surface area contributed by atoms with Crippen LogP contribution in [-0.2, 0) is 16.0 Å². The van der Waals surface area contributed by atoms with Crippen LogP contribution in [0.2, 0.25) is 0 Å². The Hall–Kier alpha value is -3.02. The Kier molecular flexibility index (Phi) is 7.23. The van der Waals surface area contributed by atoms with E-state index in [1.54, 1.807) is 32.2 Å². The second-order valence-electron chi connectivity index (χ2n) is 6.37. The summed E-state index contributed by atoms with van der Waals surface area (Å²) in [6.07, 6.45) is -0.472. The molecule has 144 valence electrons. The van der Waals surface area contributed by atoms with Crippen LogP contribution in [0.3, 0.4) is 0 Å². The molecule has 0 aromatic heterocycles. The van der Waals surface area contributed by atoms with E-state index in [0.29, 0.717) is 11.5 Å². The molecule has 0 fully saturated rings. The van der Waals surface area contributed by atoms with E-state index in [1.165, 1.54) is 0 Å². The lowest BCUT2D eigenvalue weighted by Crippen LogP contribution is -2.41. The summed E-state index contributed by atoms with van der Waals surface area (Å²) in [7, 11) is 1.54. The van der Waals surface area contributed by atoms with Gasteiger partial charge >= 0.3 is 5.97 Å². The normalized spacial score (nSPS) is 12.7. The monoisotopic (exact) mass is 371 g/mol. The average molecular weight is 371 g/mol. The molecule has 2 N–H and O–H groups in total.